The summed E-state index contributed by atoms with van der Waals surface area (Å²) in [6.45, 7) is 2.02. The molecule has 3 fully saturated rings. The Morgan fingerprint density at radius 2 is 1.57 bits per heavy atom. The molecule has 0 aromatic heterocycles. The molecule has 132 valence electrons. The van der Waals surface area contributed by atoms with Crippen molar-refractivity contribution in [1.82, 2.24) is 14.9 Å². The van der Waals surface area contributed by atoms with Crippen LogP contribution < -0.4 is 10.0 Å². The molecule has 1 aliphatic heterocycles. The second-order valence-corrected chi connectivity index (χ2v) is 9.31. The number of rotatable bonds is 6. The van der Waals surface area contributed by atoms with Crippen molar-refractivity contribution < 1.29 is 13.2 Å². The van der Waals surface area contributed by atoms with Crippen LogP contribution in [0.4, 0.5) is 0 Å². The van der Waals surface area contributed by atoms with Gasteiger partial charge in [-0.15, -0.1) is 0 Å². The summed E-state index contributed by atoms with van der Waals surface area (Å²) >= 11 is 0. The highest BCUT2D eigenvalue weighted by Crippen LogP contribution is 2.28. The number of sulfonamides is 1. The van der Waals surface area contributed by atoms with Gasteiger partial charge < -0.3 is 5.32 Å². The first kappa shape index (κ1) is 17.2. The van der Waals surface area contributed by atoms with Crippen molar-refractivity contribution in [3.8, 4) is 0 Å². The van der Waals surface area contributed by atoms with Gasteiger partial charge in [0.1, 0.15) is 0 Å². The number of nitrogens with zero attached hydrogens (tertiary/aromatic N) is 1. The van der Waals surface area contributed by atoms with Crippen molar-refractivity contribution in [3.05, 3.63) is 0 Å². The van der Waals surface area contributed by atoms with E-state index in [1.54, 1.807) is 0 Å². The van der Waals surface area contributed by atoms with Gasteiger partial charge in [-0.05, 0) is 38.5 Å². The van der Waals surface area contributed by atoms with Gasteiger partial charge in [0.15, 0.2) is 0 Å². The normalized spacial score (nSPS) is 25.4. The molecule has 3 aliphatic rings. The Morgan fingerprint density at radius 1 is 0.913 bits per heavy atom. The molecule has 7 heteroatoms. The molecule has 0 radical (unpaired) electrons. The SMILES string of the molecule is O=C(CN1CCC(NS(=O)(=O)C2CC2)CC1)NC1CCCCC1. The zero-order chi connectivity index (χ0) is 16.3. The molecule has 3 rings (SSSR count). The van der Waals surface area contributed by atoms with Crippen LogP contribution in [-0.4, -0.2) is 56.2 Å². The summed E-state index contributed by atoms with van der Waals surface area (Å²) in [7, 11) is -3.09. The fourth-order valence-electron chi connectivity index (χ4n) is 3.64. The van der Waals surface area contributed by atoms with Crippen LogP contribution in [0.15, 0.2) is 0 Å². The zero-order valence-electron chi connectivity index (χ0n) is 13.8. The lowest BCUT2D eigenvalue weighted by Crippen LogP contribution is -2.49. The average molecular weight is 343 g/mol. The Balaban J connectivity index is 1.36. The van der Waals surface area contributed by atoms with Crippen LogP contribution in [0.3, 0.4) is 0 Å². The lowest BCUT2D eigenvalue weighted by atomic mass is 9.95. The molecule has 2 N–H and O–H groups in total. The monoisotopic (exact) mass is 343 g/mol. The highest BCUT2D eigenvalue weighted by Gasteiger charge is 2.37. The van der Waals surface area contributed by atoms with E-state index in [2.05, 4.69) is 14.9 Å². The minimum Gasteiger partial charge on any atom is -0.352 e. The minimum atomic E-state index is -3.09. The van der Waals surface area contributed by atoms with Gasteiger partial charge in [-0.2, -0.15) is 0 Å². The lowest BCUT2D eigenvalue weighted by molar-refractivity contribution is -0.123. The van der Waals surface area contributed by atoms with Gasteiger partial charge in [0.05, 0.1) is 11.8 Å². The van der Waals surface area contributed by atoms with Crippen LogP contribution in [-0.2, 0) is 14.8 Å². The smallest absolute Gasteiger partial charge is 0.234 e. The van der Waals surface area contributed by atoms with Crippen LogP contribution in [0, 0.1) is 0 Å². The van der Waals surface area contributed by atoms with Crippen molar-refractivity contribution in [3.63, 3.8) is 0 Å². The molecule has 0 unspecified atom stereocenters. The molecule has 1 heterocycles. The first-order valence-electron chi connectivity index (χ1n) is 9.06. The lowest BCUT2D eigenvalue weighted by Gasteiger charge is -2.32. The van der Waals surface area contributed by atoms with Crippen LogP contribution in [0.1, 0.15) is 57.8 Å². The molecule has 0 bridgehead atoms. The highest BCUT2D eigenvalue weighted by molar-refractivity contribution is 7.90. The fourth-order valence-corrected chi connectivity index (χ4v) is 5.29. The van der Waals surface area contributed by atoms with E-state index < -0.39 is 10.0 Å². The maximum absolute atomic E-state index is 12.1. The molecule has 2 saturated carbocycles. The highest BCUT2D eigenvalue weighted by atomic mass is 32.2. The Hall–Kier alpha value is -0.660. The first-order chi connectivity index (χ1) is 11.0. The maximum atomic E-state index is 12.1. The Morgan fingerprint density at radius 3 is 2.17 bits per heavy atom. The maximum Gasteiger partial charge on any atom is 0.234 e. The molecule has 0 aromatic rings. The number of nitrogens with one attached hydrogen (secondary N) is 2. The van der Waals surface area contributed by atoms with Crippen molar-refractivity contribution in [1.29, 1.82) is 0 Å². The minimum absolute atomic E-state index is 0.0401. The van der Waals surface area contributed by atoms with E-state index in [0.29, 0.717) is 12.6 Å². The summed E-state index contributed by atoms with van der Waals surface area (Å²) in [4.78, 5) is 14.3. The molecule has 0 aromatic carbocycles. The standard InChI is InChI=1S/C16H29N3O3S/c20-16(17-13-4-2-1-3-5-13)12-19-10-8-14(9-11-19)18-23(21,22)15-6-7-15/h13-15,18H,1-12H2,(H,17,20). The number of carbonyl (C=O) groups is 1. The van der Waals surface area contributed by atoms with Crippen LogP contribution in [0.2, 0.25) is 0 Å². The van der Waals surface area contributed by atoms with Gasteiger partial charge in [-0.25, -0.2) is 13.1 Å². The predicted octanol–water partition coefficient (Wildman–Crippen LogP) is 0.982. The van der Waals surface area contributed by atoms with Gasteiger partial charge in [-0.1, -0.05) is 19.3 Å². The number of piperidine rings is 1. The average Bonchev–Trinajstić information content (AvgIpc) is 3.35. The summed E-state index contributed by atoms with van der Waals surface area (Å²) in [5.74, 6) is 0.119. The Labute approximate surface area is 139 Å². The van der Waals surface area contributed by atoms with E-state index in [-0.39, 0.29) is 17.2 Å². The molecule has 23 heavy (non-hydrogen) atoms. The first-order valence-corrected chi connectivity index (χ1v) is 10.6. The number of carbonyl (C=O) groups excluding carboxylic acids is 1. The van der Waals surface area contributed by atoms with Gasteiger partial charge in [0.2, 0.25) is 15.9 Å². The third-order valence-corrected chi connectivity index (χ3v) is 7.23. The summed E-state index contributed by atoms with van der Waals surface area (Å²) < 4.78 is 26.7. The molecule has 1 amide bonds. The second kappa shape index (κ2) is 7.49. The van der Waals surface area contributed by atoms with Gasteiger partial charge in [0, 0.05) is 25.2 Å². The van der Waals surface area contributed by atoms with Crippen LogP contribution in [0.25, 0.3) is 0 Å². The quantitative estimate of drug-likeness (QED) is 0.754. The van der Waals surface area contributed by atoms with Gasteiger partial charge in [-0.3, -0.25) is 9.69 Å². The molecular weight excluding hydrogens is 314 g/mol. The Bertz CT molecular complexity index is 505. The predicted molar refractivity (Wildman–Crippen MR) is 89.6 cm³/mol. The molecule has 0 spiro atoms. The summed E-state index contributed by atoms with van der Waals surface area (Å²) in [6.07, 6.45) is 9.13. The molecule has 6 nitrogen and oxygen atoms in total. The zero-order valence-corrected chi connectivity index (χ0v) is 14.6. The van der Waals surface area contributed by atoms with Crippen LogP contribution in [0.5, 0.6) is 0 Å². The topological polar surface area (TPSA) is 78.5 Å². The van der Waals surface area contributed by atoms with E-state index in [1.165, 1.54) is 19.3 Å². The molecule has 2 aliphatic carbocycles. The summed E-state index contributed by atoms with van der Waals surface area (Å²) in [6, 6.07) is 0.400. The van der Waals surface area contributed by atoms with E-state index >= 15 is 0 Å². The fraction of sp³-hybridized carbons (Fsp3) is 0.938. The molecule has 0 atom stereocenters. The van der Waals surface area contributed by atoms with Gasteiger partial charge in [0.25, 0.3) is 0 Å². The van der Waals surface area contributed by atoms with Crippen molar-refractivity contribution in [2.24, 2.45) is 0 Å². The van der Waals surface area contributed by atoms with E-state index in [0.717, 1.165) is 51.6 Å². The number of likely N-dealkylation sites (tertiary alicyclic amines) is 1. The third-order valence-electron chi connectivity index (χ3n) is 5.22. The molecular formula is C16H29N3O3S. The summed E-state index contributed by atoms with van der Waals surface area (Å²) in [5, 5.41) is 3.00. The van der Waals surface area contributed by atoms with Crippen LogP contribution >= 0.6 is 0 Å². The second-order valence-electron chi connectivity index (χ2n) is 7.32. The van der Waals surface area contributed by atoms with Crippen molar-refractivity contribution in [2.75, 3.05) is 19.6 Å². The van der Waals surface area contributed by atoms with Crippen molar-refractivity contribution in [2.45, 2.75) is 75.1 Å². The van der Waals surface area contributed by atoms with Crippen molar-refractivity contribution >= 4 is 15.9 Å². The number of hydrogen-bond acceptors (Lipinski definition) is 4. The number of amides is 1. The van der Waals surface area contributed by atoms with Gasteiger partial charge >= 0.3 is 0 Å². The Kier molecular flexibility index (Phi) is 5.59. The largest absolute Gasteiger partial charge is 0.352 e. The van der Waals surface area contributed by atoms with E-state index in [4.69, 9.17) is 0 Å². The molecule has 1 saturated heterocycles. The number of hydrogen-bond donors (Lipinski definition) is 2. The summed E-state index contributed by atoms with van der Waals surface area (Å²) in [5.41, 5.74) is 0. The van der Waals surface area contributed by atoms with E-state index in [9.17, 15) is 13.2 Å². The van der Waals surface area contributed by atoms with E-state index in [1.807, 2.05) is 0 Å². The third kappa shape index (κ3) is 5.16.